The van der Waals surface area contributed by atoms with Gasteiger partial charge in [0, 0.05) is 11.1 Å². The van der Waals surface area contributed by atoms with E-state index in [1.54, 1.807) is 12.1 Å². The monoisotopic (exact) mass is 302 g/mol. The van der Waals surface area contributed by atoms with Crippen molar-refractivity contribution in [3.05, 3.63) is 72.1 Å². The standard InChI is InChI=1S/C18H15F.CH2F2/c1-2-3-4-6-9-15-12-13-17(18(19)14-15)16-10-7-5-8-11-16;2-1-3/h3-5,7-8,10-14H,2H2,1H3;1H2/b4-3-;. The van der Waals surface area contributed by atoms with Gasteiger partial charge in [-0.05, 0) is 30.2 Å². The largest absolute Gasteiger partial charge is 0.229 e. The molecule has 0 atom stereocenters. The Balaban J connectivity index is 0.000000745. The second-order valence-electron chi connectivity index (χ2n) is 4.24. The van der Waals surface area contributed by atoms with Crippen LogP contribution in [0, 0.1) is 17.7 Å². The molecule has 0 spiro atoms. The summed E-state index contributed by atoms with van der Waals surface area (Å²) < 4.78 is 33.3. The molecule has 0 saturated carbocycles. The van der Waals surface area contributed by atoms with Crippen LogP contribution in [0.4, 0.5) is 13.2 Å². The van der Waals surface area contributed by atoms with Crippen molar-refractivity contribution < 1.29 is 13.2 Å². The lowest BCUT2D eigenvalue weighted by molar-refractivity contribution is 0.295. The van der Waals surface area contributed by atoms with Crippen molar-refractivity contribution >= 4 is 0 Å². The molecule has 0 aliphatic rings. The molecule has 0 radical (unpaired) electrons. The molecule has 0 N–H and O–H groups in total. The van der Waals surface area contributed by atoms with E-state index in [0.29, 0.717) is 11.1 Å². The molecule has 2 aromatic rings. The van der Waals surface area contributed by atoms with E-state index in [1.165, 1.54) is 6.07 Å². The molecule has 0 fully saturated rings. The molecular formula is C19H17F3. The molecule has 0 unspecified atom stereocenters. The quantitative estimate of drug-likeness (QED) is 0.625. The Labute approximate surface area is 129 Å². The van der Waals surface area contributed by atoms with Gasteiger partial charge in [-0.15, -0.1) is 0 Å². The zero-order valence-corrected chi connectivity index (χ0v) is 12.3. The molecule has 0 amide bonds. The number of hydrogen-bond acceptors (Lipinski definition) is 0. The van der Waals surface area contributed by atoms with Crippen molar-refractivity contribution in [1.82, 2.24) is 0 Å². The Morgan fingerprint density at radius 2 is 1.73 bits per heavy atom. The second-order valence-corrected chi connectivity index (χ2v) is 4.24. The van der Waals surface area contributed by atoms with E-state index in [0.717, 1.165) is 12.0 Å². The molecule has 0 heterocycles. The van der Waals surface area contributed by atoms with Crippen LogP contribution in [0.1, 0.15) is 18.9 Å². The van der Waals surface area contributed by atoms with E-state index < -0.39 is 6.93 Å². The molecule has 0 saturated heterocycles. The minimum atomic E-state index is -1.75. The van der Waals surface area contributed by atoms with Crippen LogP contribution in [0.15, 0.2) is 60.7 Å². The highest BCUT2D eigenvalue weighted by Gasteiger charge is 2.04. The van der Waals surface area contributed by atoms with Crippen molar-refractivity contribution in [2.45, 2.75) is 13.3 Å². The van der Waals surface area contributed by atoms with Crippen LogP contribution in [0.5, 0.6) is 0 Å². The molecule has 114 valence electrons. The molecule has 0 aliphatic carbocycles. The van der Waals surface area contributed by atoms with E-state index in [1.807, 2.05) is 49.4 Å². The summed E-state index contributed by atoms with van der Waals surface area (Å²) >= 11 is 0. The number of allylic oxidation sites excluding steroid dienone is 2. The van der Waals surface area contributed by atoms with Crippen molar-refractivity contribution in [2.75, 3.05) is 6.93 Å². The van der Waals surface area contributed by atoms with Crippen LogP contribution in [-0.4, -0.2) is 6.93 Å². The van der Waals surface area contributed by atoms with Crippen LogP contribution in [-0.2, 0) is 0 Å². The van der Waals surface area contributed by atoms with Gasteiger partial charge in [-0.25, -0.2) is 13.2 Å². The van der Waals surface area contributed by atoms with Gasteiger partial charge >= 0.3 is 0 Å². The maximum absolute atomic E-state index is 14.0. The van der Waals surface area contributed by atoms with E-state index in [4.69, 9.17) is 0 Å². The Morgan fingerprint density at radius 3 is 2.32 bits per heavy atom. The molecule has 2 rings (SSSR count). The summed E-state index contributed by atoms with van der Waals surface area (Å²) in [6.07, 6.45) is 4.72. The number of rotatable bonds is 2. The Morgan fingerprint density at radius 1 is 1.05 bits per heavy atom. The molecule has 22 heavy (non-hydrogen) atoms. The first-order chi connectivity index (χ1) is 10.7. The van der Waals surface area contributed by atoms with Gasteiger partial charge in [0.1, 0.15) is 5.82 Å². The SMILES string of the molecule is CC/C=C\C#Cc1ccc(-c2ccccc2)c(F)c1.FCF. The Hall–Kier alpha value is -2.47. The fourth-order valence-electron chi connectivity index (χ4n) is 1.75. The van der Waals surface area contributed by atoms with E-state index >= 15 is 0 Å². The van der Waals surface area contributed by atoms with Gasteiger partial charge in [0.05, 0.1) is 0 Å². The predicted molar refractivity (Wildman–Crippen MR) is 85.2 cm³/mol. The minimum Gasteiger partial charge on any atom is -0.214 e. The molecule has 0 aliphatic heterocycles. The first kappa shape index (κ1) is 17.6. The zero-order valence-electron chi connectivity index (χ0n) is 12.3. The summed E-state index contributed by atoms with van der Waals surface area (Å²) in [6.45, 7) is 0.298. The van der Waals surface area contributed by atoms with Crippen molar-refractivity contribution in [3.8, 4) is 23.0 Å². The van der Waals surface area contributed by atoms with Crippen LogP contribution >= 0.6 is 0 Å². The van der Waals surface area contributed by atoms with E-state index in [2.05, 4.69) is 11.8 Å². The molecule has 0 aromatic heterocycles. The lowest BCUT2D eigenvalue weighted by Gasteiger charge is -2.03. The number of benzene rings is 2. The third-order valence-electron chi connectivity index (χ3n) is 2.71. The number of halogens is 3. The topological polar surface area (TPSA) is 0 Å². The minimum absolute atomic E-state index is 0.238. The molecule has 0 bridgehead atoms. The van der Waals surface area contributed by atoms with Crippen LogP contribution < -0.4 is 0 Å². The summed E-state index contributed by atoms with van der Waals surface area (Å²) in [6, 6.07) is 14.6. The molecule has 2 aromatic carbocycles. The fraction of sp³-hybridized carbons (Fsp3) is 0.158. The predicted octanol–water partition coefficient (Wildman–Crippen LogP) is 5.69. The van der Waals surface area contributed by atoms with Gasteiger partial charge in [0.2, 0.25) is 6.93 Å². The third-order valence-corrected chi connectivity index (χ3v) is 2.71. The maximum Gasteiger partial charge on any atom is 0.229 e. The smallest absolute Gasteiger partial charge is 0.214 e. The van der Waals surface area contributed by atoms with Gasteiger partial charge in [0.25, 0.3) is 0 Å². The number of hydrogen-bond donors (Lipinski definition) is 0. The highest BCUT2D eigenvalue weighted by atomic mass is 19.3. The summed E-state index contributed by atoms with van der Waals surface area (Å²) in [5, 5.41) is 0. The summed E-state index contributed by atoms with van der Waals surface area (Å²) in [5.74, 6) is 5.58. The van der Waals surface area contributed by atoms with Crippen molar-refractivity contribution in [1.29, 1.82) is 0 Å². The third kappa shape index (κ3) is 5.88. The normalized spacial score (nSPS) is 9.64. The maximum atomic E-state index is 14.0. The van der Waals surface area contributed by atoms with Gasteiger partial charge in [-0.1, -0.05) is 61.2 Å². The van der Waals surface area contributed by atoms with Crippen molar-refractivity contribution in [2.24, 2.45) is 0 Å². The first-order valence-electron chi connectivity index (χ1n) is 6.86. The average Bonchev–Trinajstić information content (AvgIpc) is 2.53. The van der Waals surface area contributed by atoms with Gasteiger partial charge in [-0.2, -0.15) is 0 Å². The van der Waals surface area contributed by atoms with E-state index in [9.17, 15) is 13.2 Å². The average molecular weight is 302 g/mol. The molecular weight excluding hydrogens is 285 g/mol. The van der Waals surface area contributed by atoms with Crippen LogP contribution in [0.25, 0.3) is 11.1 Å². The summed E-state index contributed by atoms with van der Waals surface area (Å²) in [7, 11) is 0. The lowest BCUT2D eigenvalue weighted by Crippen LogP contribution is -1.85. The Bertz CT molecular complexity index is 649. The van der Waals surface area contributed by atoms with Gasteiger partial charge in [0.15, 0.2) is 0 Å². The highest BCUT2D eigenvalue weighted by Crippen LogP contribution is 2.22. The molecule has 3 heteroatoms. The van der Waals surface area contributed by atoms with Crippen molar-refractivity contribution in [3.63, 3.8) is 0 Å². The lowest BCUT2D eigenvalue weighted by atomic mass is 10.0. The highest BCUT2D eigenvalue weighted by molar-refractivity contribution is 5.65. The van der Waals surface area contributed by atoms with Gasteiger partial charge in [-0.3, -0.25) is 0 Å². The fourth-order valence-corrected chi connectivity index (χ4v) is 1.75. The summed E-state index contributed by atoms with van der Waals surface area (Å²) in [5.41, 5.74) is 2.18. The molecule has 0 nitrogen and oxygen atoms in total. The Kier molecular flexibility index (Phi) is 8.22. The zero-order chi connectivity index (χ0) is 16.2. The number of alkyl halides is 2. The second kappa shape index (κ2) is 10.3. The first-order valence-corrected chi connectivity index (χ1v) is 6.86. The van der Waals surface area contributed by atoms with Gasteiger partial charge < -0.3 is 0 Å². The van der Waals surface area contributed by atoms with Crippen LogP contribution in [0.2, 0.25) is 0 Å². The summed E-state index contributed by atoms with van der Waals surface area (Å²) in [4.78, 5) is 0. The van der Waals surface area contributed by atoms with E-state index in [-0.39, 0.29) is 5.82 Å². The van der Waals surface area contributed by atoms with Crippen LogP contribution in [0.3, 0.4) is 0 Å².